The molecule has 0 aliphatic heterocycles. The summed E-state index contributed by atoms with van der Waals surface area (Å²) < 4.78 is 2.08. The monoisotopic (exact) mass is 257 g/mol. The molecule has 4 N–H and O–H groups in total. The molecular formula is C14H19N5. The van der Waals surface area contributed by atoms with Crippen LogP contribution in [0.3, 0.4) is 0 Å². The lowest BCUT2D eigenvalue weighted by Gasteiger charge is -2.11. The van der Waals surface area contributed by atoms with Crippen molar-refractivity contribution in [1.82, 2.24) is 14.4 Å². The van der Waals surface area contributed by atoms with E-state index < -0.39 is 0 Å². The van der Waals surface area contributed by atoms with Gasteiger partial charge in [-0.25, -0.2) is 10.8 Å². The minimum absolute atomic E-state index is 0.551. The number of nitrogens with two attached hydrogens (primary N) is 2. The maximum absolute atomic E-state index is 5.84. The Labute approximate surface area is 112 Å². The van der Waals surface area contributed by atoms with Crippen molar-refractivity contribution in [1.29, 1.82) is 0 Å². The molecule has 100 valence electrons. The van der Waals surface area contributed by atoms with Crippen LogP contribution in [0.1, 0.15) is 36.9 Å². The highest BCUT2D eigenvalue weighted by Gasteiger charge is 2.23. The van der Waals surface area contributed by atoms with Gasteiger partial charge in [0, 0.05) is 24.3 Å². The smallest absolute Gasteiger partial charge is 0.137 e. The van der Waals surface area contributed by atoms with E-state index in [4.69, 9.17) is 11.6 Å². The van der Waals surface area contributed by atoms with Crippen molar-refractivity contribution in [2.75, 3.05) is 0 Å². The van der Waals surface area contributed by atoms with Crippen LogP contribution in [0.2, 0.25) is 0 Å². The van der Waals surface area contributed by atoms with Gasteiger partial charge < -0.3 is 15.1 Å². The summed E-state index contributed by atoms with van der Waals surface area (Å²) in [6.07, 6.45) is 8.53. The van der Waals surface area contributed by atoms with Gasteiger partial charge in [-0.3, -0.25) is 0 Å². The summed E-state index contributed by atoms with van der Waals surface area (Å²) in [6.45, 7) is 2.36. The van der Waals surface area contributed by atoms with Crippen molar-refractivity contribution in [3.63, 3.8) is 0 Å². The Bertz CT molecular complexity index is 620. The van der Waals surface area contributed by atoms with Crippen LogP contribution in [0, 0.1) is 0 Å². The molecule has 1 aliphatic rings. The zero-order chi connectivity index (χ0) is 13.4. The summed E-state index contributed by atoms with van der Waals surface area (Å²) >= 11 is 0. The summed E-state index contributed by atoms with van der Waals surface area (Å²) in [4.78, 5) is 4.55. The molecule has 0 spiro atoms. The fourth-order valence-corrected chi connectivity index (χ4v) is 2.29. The zero-order valence-electron chi connectivity index (χ0n) is 11.1. The maximum Gasteiger partial charge on any atom is 0.137 e. The third kappa shape index (κ3) is 2.71. The Balaban J connectivity index is 1.82. The summed E-state index contributed by atoms with van der Waals surface area (Å²) in [7, 11) is 0. The van der Waals surface area contributed by atoms with Crippen LogP contribution in [0.15, 0.2) is 36.4 Å². The molecule has 2 heterocycles. The Morgan fingerprint density at radius 2 is 2.26 bits per heavy atom. The molecule has 3 rings (SSSR count). The molecule has 19 heavy (non-hydrogen) atoms. The molecule has 0 amide bonds. The fourth-order valence-electron chi connectivity index (χ4n) is 2.29. The van der Waals surface area contributed by atoms with E-state index in [1.807, 2.05) is 13.1 Å². The van der Waals surface area contributed by atoms with Gasteiger partial charge >= 0.3 is 0 Å². The minimum Gasteiger partial charge on any atom is -0.401 e. The van der Waals surface area contributed by atoms with E-state index in [1.54, 1.807) is 11.2 Å². The third-order valence-electron chi connectivity index (χ3n) is 3.29. The number of imidazole rings is 1. The lowest BCUT2D eigenvalue weighted by Crippen LogP contribution is -2.25. The minimum atomic E-state index is 0.551. The molecule has 0 saturated heterocycles. The van der Waals surface area contributed by atoms with Crippen LogP contribution in [-0.4, -0.2) is 14.4 Å². The van der Waals surface area contributed by atoms with Crippen molar-refractivity contribution in [2.45, 2.75) is 32.2 Å². The lowest BCUT2D eigenvalue weighted by molar-refractivity contribution is 0.379. The van der Waals surface area contributed by atoms with Gasteiger partial charge in [-0.15, -0.1) is 0 Å². The van der Waals surface area contributed by atoms with Crippen LogP contribution in [-0.2, 0) is 6.54 Å². The van der Waals surface area contributed by atoms with Crippen molar-refractivity contribution >= 4 is 5.65 Å². The van der Waals surface area contributed by atoms with Crippen molar-refractivity contribution in [2.24, 2.45) is 11.6 Å². The van der Waals surface area contributed by atoms with Crippen LogP contribution in [0.5, 0.6) is 0 Å². The van der Waals surface area contributed by atoms with E-state index >= 15 is 0 Å². The molecule has 0 bridgehead atoms. The SMILES string of the molecule is C/C(N)=C/N(N)Cc1cn2cc(C3CC3)ccc2n1. The molecule has 0 radical (unpaired) electrons. The molecule has 1 aliphatic carbocycles. The molecule has 5 nitrogen and oxygen atoms in total. The average molecular weight is 257 g/mol. The summed E-state index contributed by atoms with van der Waals surface area (Å²) in [5.74, 6) is 6.60. The molecule has 2 aromatic heterocycles. The normalized spacial score (nSPS) is 16.0. The first-order chi connectivity index (χ1) is 9.11. The van der Waals surface area contributed by atoms with Gasteiger partial charge in [-0.2, -0.15) is 0 Å². The van der Waals surface area contributed by atoms with Crippen molar-refractivity contribution in [3.05, 3.63) is 47.7 Å². The number of aromatic nitrogens is 2. The van der Waals surface area contributed by atoms with Crippen LogP contribution in [0.4, 0.5) is 0 Å². The highest BCUT2D eigenvalue weighted by molar-refractivity contribution is 5.42. The second-order valence-corrected chi connectivity index (χ2v) is 5.28. The second kappa shape index (κ2) is 4.59. The van der Waals surface area contributed by atoms with Gasteiger partial charge in [0.2, 0.25) is 0 Å². The predicted octanol–water partition coefficient (Wildman–Crippen LogP) is 1.71. The number of fused-ring (bicyclic) bond motifs is 1. The van der Waals surface area contributed by atoms with E-state index in [9.17, 15) is 0 Å². The third-order valence-corrected chi connectivity index (χ3v) is 3.29. The van der Waals surface area contributed by atoms with Crippen LogP contribution < -0.4 is 11.6 Å². The molecule has 2 aromatic rings. The van der Waals surface area contributed by atoms with Crippen LogP contribution in [0.25, 0.3) is 5.65 Å². The van der Waals surface area contributed by atoms with Gasteiger partial charge in [0.1, 0.15) is 5.65 Å². The Kier molecular flexibility index (Phi) is 2.91. The standard InChI is InChI=1S/C14H19N5/c1-10(15)6-19(16)9-13-8-18-7-12(11-2-3-11)4-5-14(18)17-13/h4-8,11H,2-3,9,15-16H2,1H3/b10-6-. The van der Waals surface area contributed by atoms with Gasteiger partial charge in [0.25, 0.3) is 0 Å². The Morgan fingerprint density at radius 1 is 1.47 bits per heavy atom. The number of allylic oxidation sites excluding steroid dienone is 1. The summed E-state index contributed by atoms with van der Waals surface area (Å²) in [6, 6.07) is 4.25. The molecular weight excluding hydrogens is 238 g/mol. The van der Waals surface area contributed by atoms with Gasteiger partial charge in [0.05, 0.1) is 12.2 Å². The van der Waals surface area contributed by atoms with E-state index in [1.165, 1.54) is 18.4 Å². The van der Waals surface area contributed by atoms with Gasteiger partial charge in [-0.1, -0.05) is 6.07 Å². The molecule has 0 atom stereocenters. The zero-order valence-corrected chi connectivity index (χ0v) is 11.1. The number of hydrazine groups is 1. The first-order valence-corrected chi connectivity index (χ1v) is 6.54. The quantitative estimate of drug-likeness (QED) is 0.646. The molecule has 1 fully saturated rings. The van der Waals surface area contributed by atoms with E-state index in [0.29, 0.717) is 12.2 Å². The van der Waals surface area contributed by atoms with Crippen molar-refractivity contribution in [3.8, 4) is 0 Å². The summed E-state index contributed by atoms with van der Waals surface area (Å²) in [5, 5.41) is 1.55. The Hall–Kier alpha value is -2.01. The highest BCUT2D eigenvalue weighted by atomic mass is 15.4. The van der Waals surface area contributed by atoms with Gasteiger partial charge in [0.15, 0.2) is 0 Å². The second-order valence-electron chi connectivity index (χ2n) is 5.28. The van der Waals surface area contributed by atoms with E-state index in [-0.39, 0.29) is 0 Å². The number of hydrogen-bond acceptors (Lipinski definition) is 4. The van der Waals surface area contributed by atoms with Crippen LogP contribution >= 0.6 is 0 Å². The van der Waals surface area contributed by atoms with E-state index in [0.717, 1.165) is 17.3 Å². The molecule has 1 saturated carbocycles. The first-order valence-electron chi connectivity index (χ1n) is 6.54. The lowest BCUT2D eigenvalue weighted by atomic mass is 10.2. The number of rotatable bonds is 4. The first kappa shape index (κ1) is 12.0. The highest BCUT2D eigenvalue weighted by Crippen LogP contribution is 2.39. The number of hydrogen-bond donors (Lipinski definition) is 2. The Morgan fingerprint density at radius 3 is 2.95 bits per heavy atom. The number of pyridine rings is 1. The maximum atomic E-state index is 5.84. The fraction of sp³-hybridized carbons (Fsp3) is 0.357. The topological polar surface area (TPSA) is 72.6 Å². The largest absolute Gasteiger partial charge is 0.401 e. The van der Waals surface area contributed by atoms with E-state index in [2.05, 4.69) is 27.7 Å². The average Bonchev–Trinajstić information content (AvgIpc) is 3.08. The molecule has 0 aromatic carbocycles. The number of nitrogens with zero attached hydrogens (tertiary/aromatic N) is 3. The predicted molar refractivity (Wildman–Crippen MR) is 74.8 cm³/mol. The molecule has 0 unspecified atom stereocenters. The summed E-state index contributed by atoms with van der Waals surface area (Å²) in [5.41, 5.74) is 9.58. The van der Waals surface area contributed by atoms with Gasteiger partial charge in [-0.05, 0) is 37.3 Å². The molecule has 5 heteroatoms. The van der Waals surface area contributed by atoms with Crippen molar-refractivity contribution < 1.29 is 0 Å².